The number of rotatable bonds is 7. The van der Waals surface area contributed by atoms with Crippen LogP contribution in [-0.4, -0.2) is 66.5 Å². The van der Waals surface area contributed by atoms with Crippen LogP contribution in [0, 0.1) is 5.92 Å². The molecular weight excluding hydrogens is 396 g/mol. The highest BCUT2D eigenvalue weighted by Crippen LogP contribution is 2.31. The zero-order valence-electron chi connectivity index (χ0n) is 18.0. The molecule has 2 saturated heterocycles. The van der Waals surface area contributed by atoms with E-state index in [4.69, 9.17) is 9.15 Å². The van der Waals surface area contributed by atoms with Crippen molar-refractivity contribution in [3.63, 3.8) is 0 Å². The third-order valence-corrected chi connectivity index (χ3v) is 7.81. The van der Waals surface area contributed by atoms with Gasteiger partial charge >= 0.3 is 0 Å². The Hall–Kier alpha value is -1.92. The van der Waals surface area contributed by atoms with E-state index in [1.807, 2.05) is 24.1 Å². The summed E-state index contributed by atoms with van der Waals surface area (Å²) in [5.74, 6) is 4.28. The molecule has 2 atom stereocenters. The van der Waals surface area contributed by atoms with E-state index < -0.39 is 0 Å². The third kappa shape index (κ3) is 4.86. The van der Waals surface area contributed by atoms with E-state index in [1.165, 1.54) is 23.5 Å². The molecule has 0 bridgehead atoms. The fraction of sp³-hybridized carbons (Fsp3) is 0.542. The van der Waals surface area contributed by atoms with Crippen LogP contribution in [-0.2, 0) is 6.42 Å². The quantitative estimate of drug-likeness (QED) is 0.662. The molecular formula is C24H32N2O3S. The number of piperidine rings is 1. The van der Waals surface area contributed by atoms with E-state index in [9.17, 15) is 4.79 Å². The lowest BCUT2D eigenvalue weighted by Crippen LogP contribution is -2.49. The van der Waals surface area contributed by atoms with Crippen LogP contribution in [0.4, 0.5) is 0 Å². The molecule has 1 aromatic heterocycles. The summed E-state index contributed by atoms with van der Waals surface area (Å²) in [7, 11) is 3.62. The van der Waals surface area contributed by atoms with Crippen molar-refractivity contribution in [2.75, 3.05) is 38.8 Å². The SMILES string of the molecule is COc1cccc(CC(C2CCN(C3CCSC3)CC2)N(C)C(=O)c2ccco2)c1. The van der Waals surface area contributed by atoms with E-state index in [2.05, 4.69) is 28.8 Å². The molecule has 2 unspecified atom stereocenters. The monoisotopic (exact) mass is 428 g/mol. The molecule has 6 heteroatoms. The van der Waals surface area contributed by atoms with Gasteiger partial charge in [0.05, 0.1) is 13.4 Å². The van der Waals surface area contributed by atoms with Gasteiger partial charge in [-0.2, -0.15) is 11.8 Å². The molecule has 1 aromatic carbocycles. The van der Waals surface area contributed by atoms with Crippen molar-refractivity contribution < 1.29 is 13.9 Å². The summed E-state index contributed by atoms with van der Waals surface area (Å²) in [4.78, 5) is 17.7. The molecule has 5 nitrogen and oxygen atoms in total. The lowest BCUT2D eigenvalue weighted by atomic mass is 9.84. The molecule has 0 spiro atoms. The predicted octanol–water partition coefficient (Wildman–Crippen LogP) is 4.19. The van der Waals surface area contributed by atoms with Crippen molar-refractivity contribution in [1.82, 2.24) is 9.80 Å². The predicted molar refractivity (Wildman–Crippen MR) is 121 cm³/mol. The second-order valence-corrected chi connectivity index (χ2v) is 9.56. The van der Waals surface area contributed by atoms with Gasteiger partial charge in [0.25, 0.3) is 5.91 Å². The number of likely N-dealkylation sites (tertiary alicyclic amines) is 1. The van der Waals surface area contributed by atoms with Gasteiger partial charge in [0.2, 0.25) is 0 Å². The normalized spacial score (nSPS) is 21.5. The Balaban J connectivity index is 1.50. The summed E-state index contributed by atoms with van der Waals surface area (Å²) in [6.07, 6.45) is 5.97. The summed E-state index contributed by atoms with van der Waals surface area (Å²) >= 11 is 2.08. The Morgan fingerprint density at radius 1 is 1.27 bits per heavy atom. The minimum Gasteiger partial charge on any atom is -0.497 e. The topological polar surface area (TPSA) is 45.9 Å². The molecule has 2 fully saturated rings. The molecule has 0 saturated carbocycles. The number of nitrogens with zero attached hydrogens (tertiary/aromatic N) is 2. The first-order chi connectivity index (χ1) is 14.7. The van der Waals surface area contributed by atoms with Crippen molar-refractivity contribution in [2.45, 2.75) is 37.8 Å². The zero-order chi connectivity index (χ0) is 20.9. The second kappa shape index (κ2) is 9.92. The van der Waals surface area contributed by atoms with Crippen LogP contribution in [0.3, 0.4) is 0 Å². The molecule has 30 heavy (non-hydrogen) atoms. The average molecular weight is 429 g/mol. The Labute approximate surface area is 183 Å². The molecule has 0 N–H and O–H groups in total. The summed E-state index contributed by atoms with van der Waals surface area (Å²) < 4.78 is 10.8. The molecule has 4 rings (SSSR count). The van der Waals surface area contributed by atoms with Crippen molar-refractivity contribution in [3.05, 3.63) is 54.0 Å². The van der Waals surface area contributed by atoms with Gasteiger partial charge in [-0.25, -0.2) is 0 Å². The fourth-order valence-electron chi connectivity index (χ4n) is 4.86. The highest BCUT2D eigenvalue weighted by atomic mass is 32.2. The Morgan fingerprint density at radius 2 is 2.10 bits per heavy atom. The molecule has 0 aliphatic carbocycles. The van der Waals surface area contributed by atoms with Crippen LogP contribution in [0.1, 0.15) is 35.4 Å². The molecule has 3 heterocycles. The lowest BCUT2D eigenvalue weighted by molar-refractivity contribution is 0.0530. The number of thioether (sulfide) groups is 1. The zero-order valence-corrected chi connectivity index (χ0v) is 18.8. The number of amides is 1. The molecule has 2 aliphatic rings. The van der Waals surface area contributed by atoms with Crippen LogP contribution >= 0.6 is 11.8 Å². The van der Waals surface area contributed by atoms with E-state index in [0.29, 0.717) is 11.7 Å². The van der Waals surface area contributed by atoms with Gasteiger partial charge in [-0.05, 0) is 80.3 Å². The van der Waals surface area contributed by atoms with Crippen LogP contribution in [0.5, 0.6) is 5.75 Å². The van der Waals surface area contributed by atoms with E-state index in [1.54, 1.807) is 25.5 Å². The molecule has 1 amide bonds. The number of likely N-dealkylation sites (N-methyl/N-ethyl adjacent to an activating group) is 1. The number of furan rings is 1. The van der Waals surface area contributed by atoms with Crippen LogP contribution < -0.4 is 4.74 Å². The maximum atomic E-state index is 13.1. The molecule has 162 valence electrons. The van der Waals surface area contributed by atoms with E-state index >= 15 is 0 Å². The summed E-state index contributed by atoms with van der Waals surface area (Å²) in [6.45, 7) is 2.26. The lowest BCUT2D eigenvalue weighted by Gasteiger charge is -2.41. The Bertz CT molecular complexity index is 812. The van der Waals surface area contributed by atoms with Gasteiger partial charge < -0.3 is 14.1 Å². The number of carbonyl (C=O) groups excluding carboxylic acids is 1. The Morgan fingerprint density at radius 3 is 2.77 bits per heavy atom. The van der Waals surface area contributed by atoms with E-state index in [0.717, 1.165) is 44.1 Å². The number of ether oxygens (including phenoxy) is 1. The van der Waals surface area contributed by atoms with Gasteiger partial charge in [0.1, 0.15) is 5.75 Å². The summed E-state index contributed by atoms with van der Waals surface area (Å²) in [5, 5.41) is 0. The maximum Gasteiger partial charge on any atom is 0.289 e. The minimum atomic E-state index is -0.0393. The highest BCUT2D eigenvalue weighted by Gasteiger charge is 2.34. The van der Waals surface area contributed by atoms with Crippen LogP contribution in [0.25, 0.3) is 0 Å². The standard InChI is InChI=1S/C24H32N2O3S/c1-25(24(27)23-7-4-13-29-23)22(16-18-5-3-6-21(15-18)28-2)19-8-11-26(12-9-19)20-10-14-30-17-20/h3-7,13,15,19-20,22H,8-12,14,16-17H2,1-2H3. The first-order valence-electron chi connectivity index (χ1n) is 10.9. The van der Waals surface area contributed by atoms with Crippen molar-refractivity contribution in [2.24, 2.45) is 5.92 Å². The van der Waals surface area contributed by atoms with Gasteiger partial charge in [0, 0.05) is 24.9 Å². The number of benzene rings is 1. The van der Waals surface area contributed by atoms with E-state index in [-0.39, 0.29) is 11.9 Å². The smallest absolute Gasteiger partial charge is 0.289 e. The first-order valence-corrected chi connectivity index (χ1v) is 12.1. The van der Waals surface area contributed by atoms with Crippen LogP contribution in [0.15, 0.2) is 47.1 Å². The number of methoxy groups -OCH3 is 1. The van der Waals surface area contributed by atoms with Crippen molar-refractivity contribution in [1.29, 1.82) is 0 Å². The van der Waals surface area contributed by atoms with Gasteiger partial charge in [-0.15, -0.1) is 0 Å². The van der Waals surface area contributed by atoms with Gasteiger partial charge in [0.15, 0.2) is 5.76 Å². The van der Waals surface area contributed by atoms with Crippen molar-refractivity contribution >= 4 is 17.7 Å². The number of hydrogen-bond acceptors (Lipinski definition) is 5. The third-order valence-electron chi connectivity index (χ3n) is 6.67. The molecule has 2 aliphatic heterocycles. The average Bonchev–Trinajstić information content (AvgIpc) is 3.51. The first kappa shape index (κ1) is 21.3. The number of carbonyl (C=O) groups is 1. The number of hydrogen-bond donors (Lipinski definition) is 0. The summed E-state index contributed by atoms with van der Waals surface area (Å²) in [5.41, 5.74) is 1.20. The largest absolute Gasteiger partial charge is 0.497 e. The second-order valence-electron chi connectivity index (χ2n) is 8.41. The Kier molecular flexibility index (Phi) is 7.05. The van der Waals surface area contributed by atoms with Gasteiger partial charge in [-0.1, -0.05) is 12.1 Å². The molecule has 0 radical (unpaired) electrons. The molecule has 2 aromatic rings. The maximum absolute atomic E-state index is 13.1. The fourth-order valence-corrected chi connectivity index (χ4v) is 6.12. The minimum absolute atomic E-state index is 0.0393. The van der Waals surface area contributed by atoms with Crippen LogP contribution in [0.2, 0.25) is 0 Å². The highest BCUT2D eigenvalue weighted by molar-refractivity contribution is 7.99. The van der Waals surface area contributed by atoms with Crippen molar-refractivity contribution in [3.8, 4) is 5.75 Å². The van der Waals surface area contributed by atoms with Gasteiger partial charge in [-0.3, -0.25) is 9.69 Å². The summed E-state index contributed by atoms with van der Waals surface area (Å²) in [6, 6.07) is 12.6.